The number of hydrogen-bond acceptors (Lipinski definition) is 3. The zero-order valence-corrected chi connectivity index (χ0v) is 19.2. The Morgan fingerprint density at radius 1 is 1.09 bits per heavy atom. The molecule has 4 nitrogen and oxygen atoms in total. The third-order valence-electron chi connectivity index (χ3n) is 6.03. The zero-order valence-electron chi connectivity index (χ0n) is 17.6. The Balaban J connectivity index is 1.60. The van der Waals surface area contributed by atoms with Gasteiger partial charge in [-0.2, -0.15) is 0 Å². The third kappa shape index (κ3) is 3.50. The van der Waals surface area contributed by atoms with E-state index in [0.717, 1.165) is 11.6 Å². The summed E-state index contributed by atoms with van der Waals surface area (Å²) in [7, 11) is 0. The lowest BCUT2D eigenvalue weighted by Crippen LogP contribution is -2.50. The van der Waals surface area contributed by atoms with Crippen molar-refractivity contribution in [3.05, 3.63) is 99.6 Å². The van der Waals surface area contributed by atoms with E-state index in [2.05, 4.69) is 0 Å². The normalized spacial score (nSPS) is 19.5. The molecule has 8 heteroatoms. The Hall–Kier alpha value is -2.90. The number of hydrogen-bond donors (Lipinski definition) is 0. The van der Waals surface area contributed by atoms with E-state index in [9.17, 15) is 18.4 Å². The second kappa shape index (κ2) is 8.15. The van der Waals surface area contributed by atoms with Gasteiger partial charge in [0.05, 0.1) is 12.2 Å². The molecule has 0 aromatic heterocycles. The lowest BCUT2D eigenvalue weighted by molar-refractivity contribution is -0.123. The average molecular weight is 485 g/mol. The first-order valence-electron chi connectivity index (χ1n) is 10.4. The fourth-order valence-electron chi connectivity index (χ4n) is 4.45. The summed E-state index contributed by atoms with van der Waals surface area (Å²) in [6, 6.07) is 15.5. The van der Waals surface area contributed by atoms with Crippen LogP contribution in [-0.2, 0) is 16.2 Å². The van der Waals surface area contributed by atoms with Crippen molar-refractivity contribution in [3.63, 3.8) is 0 Å². The topological polar surface area (TPSA) is 40.6 Å². The Bertz CT molecular complexity index is 1280. The van der Waals surface area contributed by atoms with Gasteiger partial charge in [-0.15, -0.1) is 11.8 Å². The Morgan fingerprint density at radius 2 is 1.85 bits per heavy atom. The molecule has 1 fully saturated rings. The smallest absolute Gasteiger partial charge is 0.268 e. The molecule has 1 spiro atoms. The van der Waals surface area contributed by atoms with Crippen LogP contribution in [0.5, 0.6) is 0 Å². The zero-order chi connectivity index (χ0) is 23.3. The largest absolute Gasteiger partial charge is 0.311 e. The minimum absolute atomic E-state index is 0.0632. The molecule has 2 aliphatic rings. The first-order chi connectivity index (χ1) is 15.8. The first kappa shape index (κ1) is 21.9. The van der Waals surface area contributed by atoms with Crippen LogP contribution in [0.25, 0.3) is 0 Å². The molecule has 0 bridgehead atoms. The third-order valence-corrected chi connectivity index (χ3v) is 7.70. The molecule has 0 N–H and O–H groups in total. The highest BCUT2D eigenvalue weighted by Gasteiger charge is 2.59. The number of amides is 2. The van der Waals surface area contributed by atoms with Crippen LogP contribution in [0.15, 0.2) is 60.7 Å². The second-order valence-electron chi connectivity index (χ2n) is 8.10. The van der Waals surface area contributed by atoms with Gasteiger partial charge in [-0.1, -0.05) is 35.4 Å². The standard InChI is InChI=1S/C25H19ClF2N2O2S/c1-15-2-9-22-20(12-15)25(24(32)29(22)14-17-5-8-19(27)13-21(17)28)30(10-11-33-25)23(31)16-3-6-18(26)7-4-16/h2-9,12-13H,10-11,14H2,1H3. The van der Waals surface area contributed by atoms with Crippen molar-refractivity contribution < 1.29 is 18.4 Å². The molecule has 1 unspecified atom stereocenters. The Labute approximate surface area is 199 Å². The predicted octanol–water partition coefficient (Wildman–Crippen LogP) is 5.52. The maximum atomic E-state index is 14.4. The predicted molar refractivity (Wildman–Crippen MR) is 125 cm³/mol. The van der Waals surface area contributed by atoms with E-state index in [1.165, 1.54) is 28.8 Å². The average Bonchev–Trinajstić information content (AvgIpc) is 3.32. The van der Waals surface area contributed by atoms with Crippen LogP contribution in [0, 0.1) is 18.6 Å². The van der Waals surface area contributed by atoms with Gasteiger partial charge in [0.25, 0.3) is 11.8 Å². The van der Waals surface area contributed by atoms with Crippen LogP contribution in [0.1, 0.15) is 27.0 Å². The number of halogens is 3. The molecule has 5 rings (SSSR count). The second-order valence-corrected chi connectivity index (χ2v) is 9.83. The molecular weight excluding hydrogens is 466 g/mol. The van der Waals surface area contributed by atoms with Crippen LogP contribution in [-0.4, -0.2) is 29.0 Å². The van der Waals surface area contributed by atoms with E-state index in [1.807, 2.05) is 25.1 Å². The van der Waals surface area contributed by atoms with Gasteiger partial charge in [0, 0.05) is 40.1 Å². The molecule has 3 aromatic rings. The molecule has 3 aromatic carbocycles. The van der Waals surface area contributed by atoms with E-state index in [0.29, 0.717) is 34.1 Å². The van der Waals surface area contributed by atoms with Gasteiger partial charge in [0.15, 0.2) is 4.87 Å². The monoisotopic (exact) mass is 484 g/mol. The van der Waals surface area contributed by atoms with Gasteiger partial charge in [0.2, 0.25) is 0 Å². The molecule has 1 saturated heterocycles. The van der Waals surface area contributed by atoms with E-state index in [4.69, 9.17) is 11.6 Å². The molecular formula is C25H19ClF2N2O2S. The van der Waals surface area contributed by atoms with Gasteiger partial charge in [0.1, 0.15) is 11.6 Å². The minimum atomic E-state index is -1.24. The summed E-state index contributed by atoms with van der Waals surface area (Å²) in [4.78, 5) is 29.3. The molecule has 0 saturated carbocycles. The first-order valence-corrected chi connectivity index (χ1v) is 11.8. The number of aryl methyl sites for hydroxylation is 1. The van der Waals surface area contributed by atoms with Crippen LogP contribution in [0.2, 0.25) is 5.02 Å². The molecule has 0 radical (unpaired) electrons. The summed E-state index contributed by atoms with van der Waals surface area (Å²) in [5, 5.41) is 0.516. The highest BCUT2D eigenvalue weighted by atomic mass is 35.5. The summed E-state index contributed by atoms with van der Waals surface area (Å²) in [5.41, 5.74) is 2.91. The van der Waals surface area contributed by atoms with Crippen molar-refractivity contribution in [1.29, 1.82) is 0 Å². The highest BCUT2D eigenvalue weighted by molar-refractivity contribution is 8.01. The lowest BCUT2D eigenvalue weighted by atomic mass is 10.0. The summed E-state index contributed by atoms with van der Waals surface area (Å²) in [6.07, 6.45) is 0. The Morgan fingerprint density at radius 3 is 2.58 bits per heavy atom. The maximum absolute atomic E-state index is 14.4. The van der Waals surface area contributed by atoms with E-state index >= 15 is 0 Å². The maximum Gasteiger partial charge on any atom is 0.268 e. The number of nitrogens with zero attached hydrogens (tertiary/aromatic N) is 2. The summed E-state index contributed by atoms with van der Waals surface area (Å²) in [6.45, 7) is 2.25. The number of fused-ring (bicyclic) bond motifs is 2. The van der Waals surface area contributed by atoms with Crippen molar-refractivity contribution in [1.82, 2.24) is 4.90 Å². The van der Waals surface area contributed by atoms with Crippen molar-refractivity contribution in [3.8, 4) is 0 Å². The fourth-order valence-corrected chi connectivity index (χ4v) is 6.03. The quantitative estimate of drug-likeness (QED) is 0.492. The van der Waals surface area contributed by atoms with Crippen molar-refractivity contribution in [2.24, 2.45) is 0 Å². The number of anilines is 1. The van der Waals surface area contributed by atoms with Crippen LogP contribution >= 0.6 is 23.4 Å². The molecule has 0 aliphatic carbocycles. The number of carbonyl (C=O) groups is 2. The number of carbonyl (C=O) groups excluding carboxylic acids is 2. The molecule has 2 amide bonds. The van der Waals surface area contributed by atoms with Gasteiger partial charge in [-0.25, -0.2) is 8.78 Å². The Kier molecular flexibility index (Phi) is 5.41. The molecule has 2 heterocycles. The van der Waals surface area contributed by atoms with Crippen LogP contribution in [0.4, 0.5) is 14.5 Å². The molecule has 33 heavy (non-hydrogen) atoms. The summed E-state index contributed by atoms with van der Waals surface area (Å²) in [5.74, 6) is -1.39. The number of benzene rings is 3. The van der Waals surface area contributed by atoms with Crippen LogP contribution in [0.3, 0.4) is 0 Å². The van der Waals surface area contributed by atoms with Gasteiger partial charge >= 0.3 is 0 Å². The van der Waals surface area contributed by atoms with Gasteiger partial charge in [-0.3, -0.25) is 9.59 Å². The minimum Gasteiger partial charge on any atom is -0.311 e. The molecule has 2 aliphatic heterocycles. The SMILES string of the molecule is Cc1ccc2c(c1)C1(SCCN1C(=O)c1ccc(Cl)cc1)C(=O)N2Cc1ccc(F)cc1F. The summed E-state index contributed by atoms with van der Waals surface area (Å²) < 4.78 is 27.9. The summed E-state index contributed by atoms with van der Waals surface area (Å²) >= 11 is 7.38. The van der Waals surface area contributed by atoms with E-state index in [1.54, 1.807) is 29.2 Å². The van der Waals surface area contributed by atoms with E-state index in [-0.39, 0.29) is 23.9 Å². The number of thioether (sulfide) groups is 1. The van der Waals surface area contributed by atoms with Crippen molar-refractivity contribution >= 4 is 40.9 Å². The molecule has 168 valence electrons. The van der Waals surface area contributed by atoms with Gasteiger partial charge < -0.3 is 9.80 Å². The number of rotatable bonds is 3. The van der Waals surface area contributed by atoms with Gasteiger partial charge in [-0.05, 0) is 43.3 Å². The van der Waals surface area contributed by atoms with Crippen LogP contribution < -0.4 is 4.90 Å². The molecule has 1 atom stereocenters. The van der Waals surface area contributed by atoms with Crippen molar-refractivity contribution in [2.45, 2.75) is 18.3 Å². The van der Waals surface area contributed by atoms with E-state index < -0.39 is 16.5 Å². The van der Waals surface area contributed by atoms with Crippen molar-refractivity contribution in [2.75, 3.05) is 17.2 Å². The fraction of sp³-hybridized carbons (Fsp3) is 0.200. The lowest BCUT2D eigenvalue weighted by Gasteiger charge is -2.33. The highest BCUT2D eigenvalue weighted by Crippen LogP contribution is 2.55.